The van der Waals surface area contributed by atoms with Crippen LogP contribution in [0.4, 0.5) is 13.2 Å². The summed E-state index contributed by atoms with van der Waals surface area (Å²) in [4.78, 5) is 13.1. The van der Waals surface area contributed by atoms with Crippen LogP contribution in [-0.2, 0) is 27.7 Å². The molecule has 3 rings (SSSR count). The minimum Gasteiger partial charge on any atom is -0.497 e. The molecule has 1 N–H and O–H groups in total. The van der Waals surface area contributed by atoms with Crippen molar-refractivity contribution in [3.63, 3.8) is 0 Å². The van der Waals surface area contributed by atoms with E-state index in [1.807, 2.05) is 24.3 Å². The lowest BCUT2D eigenvalue weighted by molar-refractivity contribution is -0.137. The van der Waals surface area contributed by atoms with Crippen LogP contribution in [0.5, 0.6) is 5.75 Å². The number of alkyl halides is 3. The van der Waals surface area contributed by atoms with Gasteiger partial charge in [0.15, 0.2) is 0 Å². The molecule has 0 radical (unpaired) electrons. The summed E-state index contributed by atoms with van der Waals surface area (Å²) in [6, 6.07) is 12.2. The highest BCUT2D eigenvalue weighted by atomic mass is 19.4. The predicted molar refractivity (Wildman–Crippen MR) is 98.0 cm³/mol. The van der Waals surface area contributed by atoms with E-state index in [4.69, 9.17) is 9.47 Å². The molecule has 7 heteroatoms. The van der Waals surface area contributed by atoms with Gasteiger partial charge in [0.05, 0.1) is 18.1 Å². The Morgan fingerprint density at radius 3 is 2.21 bits per heavy atom. The number of rotatable bonds is 5. The van der Waals surface area contributed by atoms with Crippen LogP contribution in [0.2, 0.25) is 0 Å². The Kier molecular flexibility index (Phi) is 5.93. The second-order valence-electron chi connectivity index (χ2n) is 6.80. The van der Waals surface area contributed by atoms with E-state index in [1.165, 1.54) is 12.1 Å². The third-order valence-corrected chi connectivity index (χ3v) is 5.16. The van der Waals surface area contributed by atoms with Gasteiger partial charge in [-0.3, -0.25) is 4.79 Å². The summed E-state index contributed by atoms with van der Waals surface area (Å²) >= 11 is 0. The highest BCUT2D eigenvalue weighted by molar-refractivity contribution is 5.88. The third kappa shape index (κ3) is 4.30. The van der Waals surface area contributed by atoms with Crippen LogP contribution < -0.4 is 10.1 Å². The Morgan fingerprint density at radius 2 is 1.68 bits per heavy atom. The van der Waals surface area contributed by atoms with Crippen LogP contribution >= 0.6 is 0 Å². The molecule has 0 aliphatic carbocycles. The van der Waals surface area contributed by atoms with E-state index in [2.05, 4.69) is 5.32 Å². The average molecular weight is 393 g/mol. The van der Waals surface area contributed by atoms with Gasteiger partial charge in [-0.15, -0.1) is 0 Å². The molecule has 0 bridgehead atoms. The Hall–Kier alpha value is -2.54. The van der Waals surface area contributed by atoms with Gasteiger partial charge in [-0.25, -0.2) is 0 Å². The van der Waals surface area contributed by atoms with Crippen LogP contribution in [0.1, 0.15) is 29.5 Å². The second kappa shape index (κ2) is 8.22. The van der Waals surface area contributed by atoms with Crippen molar-refractivity contribution in [1.29, 1.82) is 0 Å². The van der Waals surface area contributed by atoms with Crippen LogP contribution in [0.15, 0.2) is 48.5 Å². The summed E-state index contributed by atoms with van der Waals surface area (Å²) in [5.41, 5.74) is 0.0534. The molecule has 1 aliphatic heterocycles. The fraction of sp³-hybridized carbons (Fsp3) is 0.381. The van der Waals surface area contributed by atoms with Crippen molar-refractivity contribution in [3.05, 3.63) is 65.2 Å². The molecule has 1 heterocycles. The monoisotopic (exact) mass is 393 g/mol. The fourth-order valence-electron chi connectivity index (χ4n) is 3.44. The molecule has 0 atom stereocenters. The summed E-state index contributed by atoms with van der Waals surface area (Å²) in [6.45, 7) is 1.11. The molecule has 0 saturated carbocycles. The van der Waals surface area contributed by atoms with Crippen LogP contribution in [0, 0.1) is 0 Å². The van der Waals surface area contributed by atoms with E-state index in [0.717, 1.165) is 17.7 Å². The van der Waals surface area contributed by atoms with Gasteiger partial charge in [0, 0.05) is 19.8 Å². The van der Waals surface area contributed by atoms with Gasteiger partial charge in [0.25, 0.3) is 0 Å². The van der Waals surface area contributed by atoms with E-state index in [-0.39, 0.29) is 12.5 Å². The van der Waals surface area contributed by atoms with Gasteiger partial charge in [-0.05, 0) is 48.2 Å². The Balaban J connectivity index is 1.75. The molecular formula is C21H22F3NO3. The number of carbonyl (C=O) groups excluding carboxylic acids is 1. The molecule has 0 aromatic heterocycles. The molecule has 1 amide bonds. The first-order chi connectivity index (χ1) is 13.3. The van der Waals surface area contributed by atoms with Crippen molar-refractivity contribution in [2.24, 2.45) is 0 Å². The minimum absolute atomic E-state index is 0.152. The maximum atomic E-state index is 13.1. The molecule has 2 aromatic carbocycles. The molecule has 4 nitrogen and oxygen atoms in total. The number of hydrogen-bond donors (Lipinski definition) is 1. The molecule has 0 unspecified atom stereocenters. The van der Waals surface area contributed by atoms with Gasteiger partial charge in [0.2, 0.25) is 5.91 Å². The highest BCUT2D eigenvalue weighted by Gasteiger charge is 2.41. The largest absolute Gasteiger partial charge is 0.497 e. The molecular weight excluding hydrogens is 371 g/mol. The van der Waals surface area contributed by atoms with Crippen molar-refractivity contribution in [2.45, 2.75) is 31.0 Å². The lowest BCUT2D eigenvalue weighted by Crippen LogP contribution is -2.47. The lowest BCUT2D eigenvalue weighted by Gasteiger charge is -2.36. The molecule has 1 aliphatic rings. The summed E-state index contributed by atoms with van der Waals surface area (Å²) in [5, 5.41) is 2.89. The first kappa shape index (κ1) is 20.2. The van der Waals surface area contributed by atoms with Crippen molar-refractivity contribution >= 4 is 5.91 Å². The van der Waals surface area contributed by atoms with Crippen molar-refractivity contribution < 1.29 is 27.4 Å². The number of halogens is 3. The van der Waals surface area contributed by atoms with Crippen LogP contribution in [0.25, 0.3) is 0 Å². The van der Waals surface area contributed by atoms with Crippen molar-refractivity contribution in [2.75, 3.05) is 20.3 Å². The van der Waals surface area contributed by atoms with E-state index in [1.54, 1.807) is 7.11 Å². The Labute approximate surface area is 161 Å². The normalized spacial score (nSPS) is 16.4. The van der Waals surface area contributed by atoms with E-state index >= 15 is 0 Å². The maximum absolute atomic E-state index is 13.1. The van der Waals surface area contributed by atoms with Gasteiger partial charge < -0.3 is 14.8 Å². The van der Waals surface area contributed by atoms with Crippen LogP contribution in [-0.4, -0.2) is 26.2 Å². The highest BCUT2D eigenvalue weighted by Crippen LogP contribution is 2.36. The quantitative estimate of drug-likeness (QED) is 0.833. The number of methoxy groups -OCH3 is 1. The summed E-state index contributed by atoms with van der Waals surface area (Å²) in [6.07, 6.45) is -3.29. The average Bonchev–Trinajstić information content (AvgIpc) is 2.72. The zero-order valence-electron chi connectivity index (χ0n) is 15.5. The number of ether oxygens (including phenoxy) is 2. The van der Waals surface area contributed by atoms with Gasteiger partial charge in [0.1, 0.15) is 5.75 Å². The summed E-state index contributed by atoms with van der Waals surface area (Å²) in [5.74, 6) is 0.553. The number of carbonyl (C=O) groups is 1. The van der Waals surface area contributed by atoms with Crippen LogP contribution in [0.3, 0.4) is 0 Å². The molecule has 28 heavy (non-hydrogen) atoms. The molecule has 1 fully saturated rings. The van der Waals surface area contributed by atoms with Crippen molar-refractivity contribution in [3.8, 4) is 5.75 Å². The summed E-state index contributed by atoms with van der Waals surface area (Å²) < 4.78 is 48.7. The van der Waals surface area contributed by atoms with E-state index in [9.17, 15) is 18.0 Å². The third-order valence-electron chi connectivity index (χ3n) is 5.16. The van der Waals surface area contributed by atoms with Gasteiger partial charge in [-0.1, -0.05) is 24.3 Å². The van der Waals surface area contributed by atoms with Gasteiger partial charge >= 0.3 is 6.18 Å². The molecule has 150 valence electrons. The first-order valence-corrected chi connectivity index (χ1v) is 9.02. The number of hydrogen-bond acceptors (Lipinski definition) is 3. The molecule has 0 spiro atoms. The zero-order chi connectivity index (χ0) is 20.2. The molecule has 1 saturated heterocycles. The number of benzene rings is 2. The second-order valence-corrected chi connectivity index (χ2v) is 6.80. The van der Waals surface area contributed by atoms with E-state index < -0.39 is 17.2 Å². The number of amides is 1. The van der Waals surface area contributed by atoms with E-state index in [0.29, 0.717) is 37.4 Å². The topological polar surface area (TPSA) is 47.6 Å². The SMILES string of the molecule is COc1ccc(C2(C(=O)NCc3ccc(C(F)(F)F)cc3)CCOCC2)cc1. The Bertz CT molecular complexity index is 795. The zero-order valence-corrected chi connectivity index (χ0v) is 15.5. The predicted octanol–water partition coefficient (Wildman–Crippen LogP) is 4.08. The minimum atomic E-state index is -4.37. The standard InChI is InChI=1S/C21H22F3NO3/c1-27-18-8-6-16(7-9-18)20(10-12-28-13-11-20)19(26)25-14-15-2-4-17(5-3-15)21(22,23)24/h2-9H,10-14H2,1H3,(H,25,26). The lowest BCUT2D eigenvalue weighted by atomic mass is 9.73. The van der Waals surface area contributed by atoms with Gasteiger partial charge in [-0.2, -0.15) is 13.2 Å². The number of nitrogens with one attached hydrogen (secondary N) is 1. The fourth-order valence-corrected chi connectivity index (χ4v) is 3.44. The smallest absolute Gasteiger partial charge is 0.416 e. The Morgan fingerprint density at radius 1 is 1.07 bits per heavy atom. The maximum Gasteiger partial charge on any atom is 0.416 e. The summed E-state index contributed by atoms with van der Waals surface area (Å²) in [7, 11) is 1.58. The first-order valence-electron chi connectivity index (χ1n) is 9.02. The van der Waals surface area contributed by atoms with Crippen molar-refractivity contribution in [1.82, 2.24) is 5.32 Å². The molecule has 2 aromatic rings.